The molecule has 0 aliphatic carbocycles. The van der Waals surface area contributed by atoms with E-state index >= 15 is 0 Å². The lowest BCUT2D eigenvalue weighted by molar-refractivity contribution is -0.131. The number of nitrogens with zero attached hydrogens (tertiary/aromatic N) is 2. The van der Waals surface area contributed by atoms with E-state index in [0.29, 0.717) is 22.7 Å². The molecule has 39 heavy (non-hydrogen) atoms. The van der Waals surface area contributed by atoms with E-state index in [4.69, 9.17) is 9.47 Å². The van der Waals surface area contributed by atoms with E-state index in [2.05, 4.69) is 0 Å². The molecule has 200 valence electrons. The Morgan fingerprint density at radius 2 is 1.56 bits per heavy atom. The Labute approximate surface area is 227 Å². The number of amides is 4. The Morgan fingerprint density at radius 1 is 0.923 bits per heavy atom. The molecule has 2 aliphatic rings. The van der Waals surface area contributed by atoms with Gasteiger partial charge in [-0.25, -0.2) is 9.69 Å². The number of carbonyl (C=O) groups excluding carboxylic acids is 4. The number of methoxy groups -OCH3 is 1. The van der Waals surface area contributed by atoms with Crippen molar-refractivity contribution in [3.63, 3.8) is 0 Å². The minimum Gasteiger partial charge on any atom is -0.497 e. The van der Waals surface area contributed by atoms with Crippen LogP contribution in [-0.2, 0) is 31.0 Å². The first kappa shape index (κ1) is 26.2. The molecule has 8 heteroatoms. The summed E-state index contributed by atoms with van der Waals surface area (Å²) >= 11 is 0. The normalized spacial score (nSPS) is 20.8. The maximum Gasteiger partial charge on any atom is 0.421 e. The van der Waals surface area contributed by atoms with Crippen LogP contribution < -0.4 is 14.5 Å². The first-order chi connectivity index (χ1) is 18.6. The average Bonchev–Trinajstić information content (AvgIpc) is 3.34. The van der Waals surface area contributed by atoms with E-state index in [-0.39, 0.29) is 12.8 Å². The molecule has 0 aromatic heterocycles. The predicted octanol–water partition coefficient (Wildman–Crippen LogP) is 5.04. The second kappa shape index (κ2) is 9.69. The molecule has 5 rings (SSSR count). The van der Waals surface area contributed by atoms with Gasteiger partial charge in [-0.15, -0.1) is 0 Å². The highest BCUT2D eigenvalue weighted by Crippen LogP contribution is 2.52. The lowest BCUT2D eigenvalue weighted by Gasteiger charge is -2.33. The Bertz CT molecular complexity index is 1440. The number of para-hydroxylation sites is 2. The highest BCUT2D eigenvalue weighted by atomic mass is 16.6. The van der Waals surface area contributed by atoms with Gasteiger partial charge in [0.15, 0.2) is 0 Å². The number of benzene rings is 3. The van der Waals surface area contributed by atoms with Gasteiger partial charge in [-0.1, -0.05) is 48.5 Å². The van der Waals surface area contributed by atoms with Gasteiger partial charge in [-0.05, 0) is 68.7 Å². The molecule has 1 fully saturated rings. The van der Waals surface area contributed by atoms with Gasteiger partial charge in [-0.2, -0.15) is 0 Å². The summed E-state index contributed by atoms with van der Waals surface area (Å²) in [6.45, 7) is 5.16. The van der Waals surface area contributed by atoms with Crippen LogP contribution in [0.1, 0.15) is 38.3 Å². The minimum absolute atomic E-state index is 0.0957. The standard InChI is InChI=1S/C31H30N2O6/c1-30(2,3)39-29(37)33-25-13-9-8-12-23(25)31(28(33)36,19-20-14-16-22(38-4)17-15-20)24-18-26(34)32(27(24)35)21-10-6-5-7-11-21/h5-17,24H,18-19H2,1-4H3/t24-,31-/m1/s1. The second-order valence-electron chi connectivity index (χ2n) is 10.8. The number of carbonyl (C=O) groups is 4. The quantitative estimate of drug-likeness (QED) is 0.433. The number of hydrogen-bond donors (Lipinski definition) is 0. The van der Waals surface area contributed by atoms with Gasteiger partial charge >= 0.3 is 6.09 Å². The summed E-state index contributed by atoms with van der Waals surface area (Å²) in [5, 5.41) is 0. The van der Waals surface area contributed by atoms with Crippen molar-refractivity contribution >= 4 is 35.2 Å². The zero-order chi connectivity index (χ0) is 27.9. The maximum atomic E-state index is 14.5. The number of ether oxygens (including phenoxy) is 2. The molecule has 0 bridgehead atoms. The third-order valence-electron chi connectivity index (χ3n) is 7.18. The van der Waals surface area contributed by atoms with Gasteiger partial charge in [0.1, 0.15) is 11.4 Å². The minimum atomic E-state index is -1.52. The fourth-order valence-corrected chi connectivity index (χ4v) is 5.52. The van der Waals surface area contributed by atoms with Gasteiger partial charge in [0.2, 0.25) is 17.7 Å². The van der Waals surface area contributed by atoms with Crippen molar-refractivity contribution in [3.8, 4) is 5.75 Å². The number of hydrogen-bond acceptors (Lipinski definition) is 6. The number of imide groups is 2. The highest BCUT2D eigenvalue weighted by Gasteiger charge is 2.63. The van der Waals surface area contributed by atoms with E-state index in [1.807, 2.05) is 12.1 Å². The molecule has 0 saturated carbocycles. The van der Waals surface area contributed by atoms with E-state index in [1.54, 1.807) is 94.6 Å². The lowest BCUT2D eigenvalue weighted by Crippen LogP contribution is -2.52. The molecule has 1 saturated heterocycles. The molecule has 0 N–H and O–H groups in total. The van der Waals surface area contributed by atoms with Crippen molar-refractivity contribution in [3.05, 3.63) is 90.0 Å². The molecule has 0 unspecified atom stereocenters. The molecule has 3 aromatic carbocycles. The van der Waals surface area contributed by atoms with Crippen molar-refractivity contribution in [2.75, 3.05) is 16.9 Å². The van der Waals surface area contributed by atoms with Crippen LogP contribution in [0.25, 0.3) is 0 Å². The van der Waals surface area contributed by atoms with E-state index in [1.165, 1.54) is 0 Å². The van der Waals surface area contributed by atoms with E-state index < -0.39 is 40.7 Å². The Hall–Kier alpha value is -4.46. The van der Waals surface area contributed by atoms with Crippen molar-refractivity contribution in [2.45, 2.75) is 44.6 Å². The molecule has 3 aromatic rings. The largest absolute Gasteiger partial charge is 0.497 e. The van der Waals surface area contributed by atoms with Crippen LogP contribution >= 0.6 is 0 Å². The lowest BCUT2D eigenvalue weighted by atomic mass is 9.66. The van der Waals surface area contributed by atoms with Crippen molar-refractivity contribution in [2.24, 2.45) is 5.92 Å². The first-order valence-electron chi connectivity index (χ1n) is 12.8. The van der Waals surface area contributed by atoms with Crippen LogP contribution in [0.15, 0.2) is 78.9 Å². The molecule has 0 radical (unpaired) electrons. The summed E-state index contributed by atoms with van der Waals surface area (Å²) in [6.07, 6.45) is -0.904. The zero-order valence-corrected chi connectivity index (χ0v) is 22.3. The maximum absolute atomic E-state index is 14.5. The monoisotopic (exact) mass is 526 g/mol. The number of fused-ring (bicyclic) bond motifs is 1. The molecule has 8 nitrogen and oxygen atoms in total. The van der Waals surface area contributed by atoms with Gasteiger partial charge in [0, 0.05) is 6.42 Å². The van der Waals surface area contributed by atoms with Gasteiger partial charge < -0.3 is 9.47 Å². The topological polar surface area (TPSA) is 93.2 Å². The molecule has 2 aliphatic heterocycles. The SMILES string of the molecule is COc1ccc(C[C@@]2([C@@H]3CC(=O)N(c4ccccc4)C3=O)C(=O)N(C(=O)OC(C)(C)C)c3ccccc32)cc1. The van der Waals surface area contributed by atoms with Gasteiger partial charge in [0.05, 0.1) is 29.8 Å². The summed E-state index contributed by atoms with van der Waals surface area (Å²) in [5.41, 5.74) is -0.308. The van der Waals surface area contributed by atoms with Crippen LogP contribution in [-0.4, -0.2) is 36.5 Å². The fraction of sp³-hybridized carbons (Fsp3) is 0.290. The van der Waals surface area contributed by atoms with Crippen LogP contribution in [0.2, 0.25) is 0 Å². The molecule has 2 atom stereocenters. The predicted molar refractivity (Wildman–Crippen MR) is 146 cm³/mol. The fourth-order valence-electron chi connectivity index (χ4n) is 5.52. The van der Waals surface area contributed by atoms with Crippen LogP contribution in [0.5, 0.6) is 5.75 Å². The van der Waals surface area contributed by atoms with Crippen LogP contribution in [0.3, 0.4) is 0 Å². The summed E-state index contributed by atoms with van der Waals surface area (Å²) in [7, 11) is 1.56. The van der Waals surface area contributed by atoms with Crippen molar-refractivity contribution < 1.29 is 28.7 Å². The third kappa shape index (κ3) is 4.46. The second-order valence-corrected chi connectivity index (χ2v) is 10.8. The highest BCUT2D eigenvalue weighted by molar-refractivity contribution is 6.27. The average molecular weight is 527 g/mol. The molecule has 0 spiro atoms. The van der Waals surface area contributed by atoms with Crippen LogP contribution in [0, 0.1) is 5.92 Å². The van der Waals surface area contributed by atoms with Crippen LogP contribution in [0.4, 0.5) is 16.2 Å². The summed E-state index contributed by atoms with van der Waals surface area (Å²) in [5.74, 6) is -1.85. The zero-order valence-electron chi connectivity index (χ0n) is 22.3. The Balaban J connectivity index is 1.67. The van der Waals surface area contributed by atoms with Gasteiger partial charge in [0.25, 0.3) is 0 Å². The molecule has 2 heterocycles. The number of rotatable bonds is 5. The molecule has 4 amide bonds. The van der Waals surface area contributed by atoms with Gasteiger partial charge in [-0.3, -0.25) is 19.3 Å². The van der Waals surface area contributed by atoms with Crippen molar-refractivity contribution in [1.29, 1.82) is 0 Å². The molecular formula is C31H30N2O6. The van der Waals surface area contributed by atoms with E-state index in [9.17, 15) is 19.2 Å². The number of anilines is 2. The summed E-state index contributed by atoms with van der Waals surface area (Å²) in [6, 6.07) is 22.8. The molecular weight excluding hydrogens is 496 g/mol. The summed E-state index contributed by atoms with van der Waals surface area (Å²) < 4.78 is 10.9. The van der Waals surface area contributed by atoms with Crippen molar-refractivity contribution in [1.82, 2.24) is 0 Å². The summed E-state index contributed by atoms with van der Waals surface area (Å²) in [4.78, 5) is 57.5. The Morgan fingerprint density at radius 3 is 2.21 bits per heavy atom. The smallest absolute Gasteiger partial charge is 0.421 e. The Kier molecular flexibility index (Phi) is 6.50. The first-order valence-corrected chi connectivity index (χ1v) is 12.8. The third-order valence-corrected chi connectivity index (χ3v) is 7.18. The van der Waals surface area contributed by atoms with E-state index in [0.717, 1.165) is 15.4 Å².